The summed E-state index contributed by atoms with van der Waals surface area (Å²) in [6.07, 6.45) is 4.91. The minimum absolute atomic E-state index is 0.0169. The van der Waals surface area contributed by atoms with E-state index in [0.717, 1.165) is 36.2 Å². The molecule has 1 N–H and O–H groups in total. The van der Waals surface area contributed by atoms with Crippen molar-refractivity contribution in [1.82, 2.24) is 9.97 Å². The lowest BCUT2D eigenvalue weighted by atomic mass is 9.80. The second kappa shape index (κ2) is 6.57. The van der Waals surface area contributed by atoms with Crippen LogP contribution in [0.3, 0.4) is 0 Å². The minimum atomic E-state index is -0.939. The maximum absolute atomic E-state index is 10.9. The van der Waals surface area contributed by atoms with E-state index in [1.54, 1.807) is 30.5 Å². The third-order valence-corrected chi connectivity index (χ3v) is 5.03. The van der Waals surface area contributed by atoms with Crippen LogP contribution in [0.2, 0.25) is 0 Å². The second-order valence-corrected chi connectivity index (χ2v) is 8.41. The highest BCUT2D eigenvalue weighted by atomic mass is 16.4. The highest BCUT2D eigenvalue weighted by Crippen LogP contribution is 2.40. The summed E-state index contributed by atoms with van der Waals surface area (Å²) in [5.74, 6) is 5.18. The molecular weight excluding hydrogens is 324 g/mol. The van der Waals surface area contributed by atoms with Gasteiger partial charge in [0.15, 0.2) is 0 Å². The van der Waals surface area contributed by atoms with Crippen molar-refractivity contribution >= 4 is 5.97 Å². The minimum Gasteiger partial charge on any atom is -0.478 e. The van der Waals surface area contributed by atoms with Gasteiger partial charge in [-0.05, 0) is 54.9 Å². The summed E-state index contributed by atoms with van der Waals surface area (Å²) in [5.41, 5.74) is 4.01. The molecule has 4 heteroatoms. The molecule has 134 valence electrons. The predicted molar refractivity (Wildman–Crippen MR) is 101 cm³/mol. The largest absolute Gasteiger partial charge is 0.478 e. The van der Waals surface area contributed by atoms with Crippen LogP contribution in [0.1, 0.15) is 73.5 Å². The number of hydrogen-bond donors (Lipinski definition) is 1. The first kappa shape index (κ1) is 18.1. The van der Waals surface area contributed by atoms with Crippen LogP contribution in [0.4, 0.5) is 0 Å². The van der Waals surface area contributed by atoms with Gasteiger partial charge in [-0.25, -0.2) is 9.78 Å². The fraction of sp³-hybridized carbons (Fsp3) is 0.409. The SMILES string of the molecule is CC1(C)CCC(C)(C)c2nc(C#Cc3ccc(C(=O)O)cc3)cnc2C1. The van der Waals surface area contributed by atoms with E-state index in [2.05, 4.69) is 44.5 Å². The van der Waals surface area contributed by atoms with Gasteiger partial charge in [0.05, 0.1) is 23.1 Å². The van der Waals surface area contributed by atoms with Gasteiger partial charge < -0.3 is 5.11 Å². The van der Waals surface area contributed by atoms with Gasteiger partial charge in [0.2, 0.25) is 0 Å². The molecule has 1 heterocycles. The predicted octanol–water partition coefficient (Wildman–Crippen LogP) is 4.21. The Morgan fingerprint density at radius 3 is 2.42 bits per heavy atom. The molecular formula is C22H24N2O2. The first-order valence-electron chi connectivity index (χ1n) is 8.88. The Kier molecular flexibility index (Phi) is 4.58. The van der Waals surface area contributed by atoms with Crippen molar-refractivity contribution in [2.45, 2.75) is 52.4 Å². The number of fused-ring (bicyclic) bond motifs is 1. The van der Waals surface area contributed by atoms with E-state index in [9.17, 15) is 4.79 Å². The molecule has 0 fully saturated rings. The Morgan fingerprint density at radius 1 is 1.08 bits per heavy atom. The van der Waals surface area contributed by atoms with Crippen LogP contribution in [0.15, 0.2) is 30.5 Å². The van der Waals surface area contributed by atoms with Crippen LogP contribution >= 0.6 is 0 Å². The maximum Gasteiger partial charge on any atom is 0.335 e. The van der Waals surface area contributed by atoms with Crippen molar-refractivity contribution in [3.05, 3.63) is 58.7 Å². The number of hydrogen-bond acceptors (Lipinski definition) is 3. The van der Waals surface area contributed by atoms with Crippen molar-refractivity contribution < 1.29 is 9.90 Å². The number of aromatic nitrogens is 2. The topological polar surface area (TPSA) is 63.1 Å². The fourth-order valence-electron chi connectivity index (χ4n) is 3.29. The van der Waals surface area contributed by atoms with Crippen molar-refractivity contribution in [3.63, 3.8) is 0 Å². The number of benzene rings is 1. The van der Waals surface area contributed by atoms with Crippen molar-refractivity contribution in [2.24, 2.45) is 5.41 Å². The Labute approximate surface area is 154 Å². The first-order chi connectivity index (χ1) is 12.2. The lowest BCUT2D eigenvalue weighted by molar-refractivity contribution is 0.0697. The number of carboxylic acid groups (broad SMARTS) is 1. The summed E-state index contributed by atoms with van der Waals surface area (Å²) in [4.78, 5) is 20.4. The quantitative estimate of drug-likeness (QED) is 0.619. The van der Waals surface area contributed by atoms with Gasteiger partial charge in [-0.2, -0.15) is 0 Å². The molecule has 0 saturated carbocycles. The van der Waals surface area contributed by atoms with Gasteiger partial charge in [0, 0.05) is 11.0 Å². The summed E-state index contributed by atoms with van der Waals surface area (Å²) in [7, 11) is 0. The van der Waals surface area contributed by atoms with E-state index < -0.39 is 5.97 Å². The Balaban J connectivity index is 1.92. The van der Waals surface area contributed by atoms with Gasteiger partial charge in [-0.15, -0.1) is 0 Å². The molecule has 0 bridgehead atoms. The van der Waals surface area contributed by atoms with Crippen LogP contribution in [0.5, 0.6) is 0 Å². The van der Waals surface area contributed by atoms with E-state index in [1.807, 2.05) is 0 Å². The summed E-state index contributed by atoms with van der Waals surface area (Å²) >= 11 is 0. The third-order valence-electron chi connectivity index (χ3n) is 5.03. The average molecular weight is 348 g/mol. The molecule has 1 aliphatic rings. The number of nitrogens with zero attached hydrogens (tertiary/aromatic N) is 2. The smallest absolute Gasteiger partial charge is 0.335 e. The molecule has 1 aromatic carbocycles. The van der Waals surface area contributed by atoms with Crippen molar-refractivity contribution in [3.8, 4) is 11.8 Å². The van der Waals surface area contributed by atoms with E-state index in [-0.39, 0.29) is 16.4 Å². The molecule has 0 unspecified atom stereocenters. The Bertz CT molecular complexity index is 900. The molecule has 2 aromatic rings. The zero-order chi connectivity index (χ0) is 18.9. The average Bonchev–Trinajstić information content (AvgIpc) is 2.68. The normalized spacial score (nSPS) is 17.4. The molecule has 3 rings (SSSR count). The van der Waals surface area contributed by atoms with Crippen LogP contribution in [0.25, 0.3) is 0 Å². The molecule has 0 spiro atoms. The van der Waals surface area contributed by atoms with Crippen molar-refractivity contribution in [1.29, 1.82) is 0 Å². The maximum atomic E-state index is 10.9. The molecule has 0 aliphatic heterocycles. The summed E-state index contributed by atoms with van der Waals surface area (Å²) < 4.78 is 0. The van der Waals surface area contributed by atoms with E-state index in [0.29, 0.717) is 5.69 Å². The molecule has 0 radical (unpaired) electrons. The lowest BCUT2D eigenvalue weighted by Gasteiger charge is -2.25. The van der Waals surface area contributed by atoms with Gasteiger partial charge in [0.1, 0.15) is 5.69 Å². The second-order valence-electron chi connectivity index (χ2n) is 8.41. The van der Waals surface area contributed by atoms with Crippen LogP contribution < -0.4 is 0 Å². The number of carbonyl (C=O) groups is 1. The van der Waals surface area contributed by atoms with Crippen LogP contribution in [-0.2, 0) is 11.8 Å². The zero-order valence-corrected chi connectivity index (χ0v) is 15.8. The summed E-state index contributed by atoms with van der Waals surface area (Å²) in [6, 6.07) is 6.53. The number of rotatable bonds is 1. The molecule has 1 aromatic heterocycles. The van der Waals surface area contributed by atoms with Crippen LogP contribution in [0, 0.1) is 17.3 Å². The zero-order valence-electron chi connectivity index (χ0n) is 15.8. The first-order valence-corrected chi connectivity index (χ1v) is 8.88. The summed E-state index contributed by atoms with van der Waals surface area (Å²) in [6.45, 7) is 9.02. The highest BCUT2D eigenvalue weighted by molar-refractivity contribution is 5.87. The number of carboxylic acids is 1. The van der Waals surface area contributed by atoms with Gasteiger partial charge >= 0.3 is 5.97 Å². The van der Waals surface area contributed by atoms with Gasteiger partial charge in [0.25, 0.3) is 0 Å². The lowest BCUT2D eigenvalue weighted by Crippen LogP contribution is -2.20. The molecule has 1 aliphatic carbocycles. The van der Waals surface area contributed by atoms with Gasteiger partial charge in [-0.1, -0.05) is 33.6 Å². The van der Waals surface area contributed by atoms with E-state index in [1.165, 1.54) is 0 Å². The molecule has 0 amide bonds. The van der Waals surface area contributed by atoms with E-state index in [4.69, 9.17) is 10.1 Å². The Hall–Kier alpha value is -2.67. The fourth-order valence-corrected chi connectivity index (χ4v) is 3.29. The van der Waals surface area contributed by atoms with Gasteiger partial charge in [-0.3, -0.25) is 4.98 Å². The summed E-state index contributed by atoms with van der Waals surface area (Å²) in [5, 5.41) is 8.95. The molecule has 26 heavy (non-hydrogen) atoms. The van der Waals surface area contributed by atoms with Crippen molar-refractivity contribution in [2.75, 3.05) is 0 Å². The molecule has 0 saturated heterocycles. The Morgan fingerprint density at radius 2 is 1.77 bits per heavy atom. The number of aromatic carboxylic acids is 1. The molecule has 4 nitrogen and oxygen atoms in total. The molecule has 0 atom stereocenters. The van der Waals surface area contributed by atoms with E-state index >= 15 is 0 Å². The van der Waals surface area contributed by atoms with Crippen LogP contribution in [-0.4, -0.2) is 21.0 Å². The monoisotopic (exact) mass is 348 g/mol. The standard InChI is InChI=1S/C22H24N2O2/c1-21(2)11-12-22(3,4)19-18(13-21)23-14-17(24-19)10-7-15-5-8-16(9-6-15)20(25)26/h5-6,8-9,14H,11-13H2,1-4H3,(H,25,26). The highest BCUT2D eigenvalue weighted by Gasteiger charge is 2.35. The third kappa shape index (κ3) is 3.94.